The molecule has 15 heavy (non-hydrogen) atoms. The van der Waals surface area contributed by atoms with E-state index in [1.54, 1.807) is 7.05 Å². The zero-order valence-electron chi connectivity index (χ0n) is 8.29. The maximum atomic E-state index is 11.3. The standard InChI is InChI=1S/C8H11N3O3S/c1-11-7-3(6(10)12)4(9)5(15-7)8(13)14-2/h11H,9H2,1-2H3,(H2,10,12). The molecule has 1 heterocycles. The van der Waals surface area contributed by atoms with E-state index < -0.39 is 11.9 Å². The summed E-state index contributed by atoms with van der Waals surface area (Å²) in [7, 11) is 2.85. The first kappa shape index (κ1) is 11.3. The maximum Gasteiger partial charge on any atom is 0.350 e. The van der Waals surface area contributed by atoms with Crippen molar-refractivity contribution in [2.24, 2.45) is 5.73 Å². The van der Waals surface area contributed by atoms with Crippen LogP contribution in [0.1, 0.15) is 20.0 Å². The number of anilines is 2. The van der Waals surface area contributed by atoms with Crippen molar-refractivity contribution in [1.29, 1.82) is 0 Å². The highest BCUT2D eigenvalue weighted by molar-refractivity contribution is 7.19. The number of hydrogen-bond acceptors (Lipinski definition) is 6. The van der Waals surface area contributed by atoms with E-state index in [1.807, 2.05) is 0 Å². The molecule has 82 valence electrons. The van der Waals surface area contributed by atoms with Gasteiger partial charge in [0.15, 0.2) is 0 Å². The van der Waals surface area contributed by atoms with Gasteiger partial charge in [0.25, 0.3) is 5.91 Å². The van der Waals surface area contributed by atoms with Crippen molar-refractivity contribution in [1.82, 2.24) is 0 Å². The first-order chi connectivity index (χ1) is 7.02. The summed E-state index contributed by atoms with van der Waals surface area (Å²) in [6.45, 7) is 0. The minimum atomic E-state index is -0.678. The summed E-state index contributed by atoms with van der Waals surface area (Å²) in [4.78, 5) is 22.5. The average Bonchev–Trinajstić information content (AvgIpc) is 2.54. The molecule has 0 bridgehead atoms. The summed E-state index contributed by atoms with van der Waals surface area (Å²) in [5.41, 5.74) is 11.0. The Kier molecular flexibility index (Phi) is 3.15. The molecule has 5 N–H and O–H groups in total. The first-order valence-corrected chi connectivity index (χ1v) is 4.82. The second-order valence-electron chi connectivity index (χ2n) is 2.65. The van der Waals surface area contributed by atoms with Gasteiger partial charge in [0.2, 0.25) is 0 Å². The molecule has 1 aromatic rings. The zero-order valence-corrected chi connectivity index (χ0v) is 9.10. The van der Waals surface area contributed by atoms with E-state index in [9.17, 15) is 9.59 Å². The lowest BCUT2D eigenvalue weighted by Gasteiger charge is -1.98. The number of amides is 1. The molecule has 0 saturated carbocycles. The van der Waals surface area contributed by atoms with E-state index in [0.717, 1.165) is 11.3 Å². The molecule has 1 amide bonds. The van der Waals surface area contributed by atoms with Crippen molar-refractivity contribution in [3.63, 3.8) is 0 Å². The third kappa shape index (κ3) is 1.86. The molecule has 6 nitrogen and oxygen atoms in total. The van der Waals surface area contributed by atoms with Crippen LogP contribution >= 0.6 is 11.3 Å². The number of carbonyl (C=O) groups excluding carboxylic acids is 2. The third-order valence-electron chi connectivity index (χ3n) is 1.79. The average molecular weight is 229 g/mol. The smallest absolute Gasteiger partial charge is 0.350 e. The number of thiophene rings is 1. The Bertz CT molecular complexity index is 414. The third-order valence-corrected chi connectivity index (χ3v) is 2.99. The molecular formula is C8H11N3O3S. The molecule has 0 saturated heterocycles. The fraction of sp³-hybridized carbons (Fsp3) is 0.250. The number of primary amides is 1. The zero-order chi connectivity index (χ0) is 11.6. The topological polar surface area (TPSA) is 107 Å². The molecule has 0 spiro atoms. The minimum Gasteiger partial charge on any atom is -0.465 e. The number of nitrogen functional groups attached to an aromatic ring is 1. The summed E-state index contributed by atoms with van der Waals surface area (Å²) < 4.78 is 4.52. The number of ether oxygens (including phenoxy) is 1. The monoisotopic (exact) mass is 229 g/mol. The van der Waals surface area contributed by atoms with Crippen LogP contribution in [-0.4, -0.2) is 26.0 Å². The highest BCUT2D eigenvalue weighted by Gasteiger charge is 2.23. The summed E-state index contributed by atoms with van der Waals surface area (Å²) in [5.74, 6) is -1.26. The van der Waals surface area contributed by atoms with Gasteiger partial charge in [-0.25, -0.2) is 4.79 Å². The Morgan fingerprint density at radius 3 is 2.40 bits per heavy atom. The normalized spacial score (nSPS) is 9.73. The molecule has 7 heteroatoms. The SMILES string of the molecule is CNc1sc(C(=O)OC)c(N)c1C(N)=O. The van der Waals surface area contributed by atoms with Gasteiger partial charge in [-0.15, -0.1) is 11.3 Å². The van der Waals surface area contributed by atoms with Crippen LogP contribution in [0, 0.1) is 0 Å². The van der Waals surface area contributed by atoms with Gasteiger partial charge < -0.3 is 21.5 Å². The van der Waals surface area contributed by atoms with E-state index in [4.69, 9.17) is 11.5 Å². The van der Waals surface area contributed by atoms with Crippen LogP contribution in [0.25, 0.3) is 0 Å². The van der Waals surface area contributed by atoms with Crippen molar-refractivity contribution in [2.75, 3.05) is 25.2 Å². The number of rotatable bonds is 3. The van der Waals surface area contributed by atoms with Gasteiger partial charge >= 0.3 is 5.97 Å². The first-order valence-electron chi connectivity index (χ1n) is 4.01. The highest BCUT2D eigenvalue weighted by atomic mass is 32.1. The summed E-state index contributed by atoms with van der Waals surface area (Å²) in [6.07, 6.45) is 0. The molecule has 1 rings (SSSR count). The second-order valence-corrected chi connectivity index (χ2v) is 3.68. The molecule has 0 fully saturated rings. The fourth-order valence-corrected chi connectivity index (χ4v) is 2.11. The number of methoxy groups -OCH3 is 1. The summed E-state index contributed by atoms with van der Waals surface area (Å²) >= 11 is 1.04. The Labute approximate surface area is 90.2 Å². The van der Waals surface area contributed by atoms with E-state index in [2.05, 4.69) is 10.1 Å². The van der Waals surface area contributed by atoms with Crippen molar-refractivity contribution in [3.8, 4) is 0 Å². The lowest BCUT2D eigenvalue weighted by Crippen LogP contribution is -2.14. The summed E-state index contributed by atoms with van der Waals surface area (Å²) in [6, 6.07) is 0. The lowest BCUT2D eigenvalue weighted by molar-refractivity contribution is 0.0607. The summed E-state index contributed by atoms with van der Waals surface area (Å²) in [5, 5.41) is 3.21. The van der Waals surface area contributed by atoms with Crippen LogP contribution in [0.3, 0.4) is 0 Å². The molecule has 0 unspecified atom stereocenters. The molecule has 0 aliphatic carbocycles. The van der Waals surface area contributed by atoms with Crippen LogP contribution in [-0.2, 0) is 4.74 Å². The molecule has 0 radical (unpaired) electrons. The molecule has 0 aliphatic heterocycles. The van der Waals surface area contributed by atoms with Gasteiger partial charge in [0, 0.05) is 7.05 Å². The molecule has 0 aromatic carbocycles. The van der Waals surface area contributed by atoms with Crippen molar-refractivity contribution in [2.45, 2.75) is 0 Å². The number of esters is 1. The number of nitrogens with one attached hydrogen (secondary N) is 1. The van der Waals surface area contributed by atoms with Gasteiger partial charge in [-0.2, -0.15) is 0 Å². The van der Waals surface area contributed by atoms with E-state index >= 15 is 0 Å². The Morgan fingerprint density at radius 1 is 1.47 bits per heavy atom. The molecule has 1 aromatic heterocycles. The van der Waals surface area contributed by atoms with Gasteiger partial charge in [-0.3, -0.25) is 4.79 Å². The predicted molar refractivity (Wildman–Crippen MR) is 58.1 cm³/mol. The van der Waals surface area contributed by atoms with E-state index in [1.165, 1.54) is 7.11 Å². The van der Waals surface area contributed by atoms with Crippen LogP contribution in [0.2, 0.25) is 0 Å². The van der Waals surface area contributed by atoms with Crippen molar-refractivity contribution in [3.05, 3.63) is 10.4 Å². The quantitative estimate of drug-likeness (QED) is 0.644. The largest absolute Gasteiger partial charge is 0.465 e. The van der Waals surface area contributed by atoms with Crippen molar-refractivity contribution >= 4 is 33.9 Å². The predicted octanol–water partition coefficient (Wildman–Crippen LogP) is 0.258. The Morgan fingerprint density at radius 2 is 2.07 bits per heavy atom. The molecule has 0 atom stereocenters. The Hall–Kier alpha value is -1.76. The van der Waals surface area contributed by atoms with Crippen LogP contribution in [0.5, 0.6) is 0 Å². The van der Waals surface area contributed by atoms with Gasteiger partial charge in [-0.1, -0.05) is 0 Å². The fourth-order valence-electron chi connectivity index (χ4n) is 1.11. The van der Waals surface area contributed by atoms with Gasteiger partial charge in [0.1, 0.15) is 9.88 Å². The number of carbonyl (C=O) groups is 2. The van der Waals surface area contributed by atoms with E-state index in [-0.39, 0.29) is 16.1 Å². The molecule has 0 aliphatic rings. The lowest BCUT2D eigenvalue weighted by atomic mass is 10.2. The second kappa shape index (κ2) is 4.18. The maximum absolute atomic E-state index is 11.3. The van der Waals surface area contributed by atoms with Gasteiger partial charge in [-0.05, 0) is 0 Å². The number of hydrogen-bond donors (Lipinski definition) is 3. The minimum absolute atomic E-state index is 0.0590. The van der Waals surface area contributed by atoms with Gasteiger partial charge in [0.05, 0.1) is 18.4 Å². The molecular weight excluding hydrogens is 218 g/mol. The van der Waals surface area contributed by atoms with E-state index in [0.29, 0.717) is 5.00 Å². The Balaban J connectivity index is 3.34. The van der Waals surface area contributed by atoms with Crippen LogP contribution in [0.4, 0.5) is 10.7 Å². The number of nitrogens with two attached hydrogens (primary N) is 2. The van der Waals surface area contributed by atoms with Crippen molar-refractivity contribution < 1.29 is 14.3 Å². The van der Waals surface area contributed by atoms with Crippen LogP contribution < -0.4 is 16.8 Å². The highest BCUT2D eigenvalue weighted by Crippen LogP contribution is 2.35. The van der Waals surface area contributed by atoms with Crippen LogP contribution in [0.15, 0.2) is 0 Å².